The van der Waals surface area contributed by atoms with Crippen LogP contribution in [0.5, 0.6) is 0 Å². The van der Waals surface area contributed by atoms with E-state index in [-0.39, 0.29) is 6.04 Å². The third-order valence-corrected chi connectivity index (χ3v) is 4.80. The summed E-state index contributed by atoms with van der Waals surface area (Å²) in [5, 5.41) is 0.797. The summed E-state index contributed by atoms with van der Waals surface area (Å²) < 4.78 is 1.88. The number of carbonyl (C=O) groups is 2. The number of aromatic amines is 1. The van der Waals surface area contributed by atoms with E-state index < -0.39 is 11.7 Å². The first-order valence-corrected chi connectivity index (χ1v) is 8.45. The number of nitrogens with one attached hydrogen (secondary N) is 1. The highest BCUT2D eigenvalue weighted by molar-refractivity contribution is 6.45. The molecule has 1 N–H and O–H groups in total. The van der Waals surface area contributed by atoms with Crippen molar-refractivity contribution in [2.75, 3.05) is 0 Å². The first-order valence-electron chi connectivity index (χ1n) is 8.45. The van der Waals surface area contributed by atoms with Crippen LogP contribution in [0.1, 0.15) is 34.7 Å². The molecule has 6 nitrogen and oxygen atoms in total. The van der Waals surface area contributed by atoms with E-state index >= 15 is 0 Å². The van der Waals surface area contributed by atoms with E-state index in [2.05, 4.69) is 9.97 Å². The van der Waals surface area contributed by atoms with Gasteiger partial charge >= 0.3 is 0 Å². The monoisotopic (exact) mass is 336 g/mol. The topological polar surface area (TPSA) is 71.0 Å². The van der Waals surface area contributed by atoms with E-state index in [1.165, 1.54) is 0 Å². The lowest BCUT2D eigenvalue weighted by Gasteiger charge is -2.21. The van der Waals surface area contributed by atoms with Gasteiger partial charge in [-0.1, -0.05) is 18.2 Å². The quantitative estimate of drug-likeness (QED) is 0.575. The minimum Gasteiger partial charge on any atom is -0.358 e. The lowest BCUT2D eigenvalue weighted by Crippen LogP contribution is -2.38. The summed E-state index contributed by atoms with van der Waals surface area (Å²) in [5.41, 5.74) is 2.08. The second kappa shape index (κ2) is 5.88. The number of imidazole rings is 1. The van der Waals surface area contributed by atoms with Gasteiger partial charge in [0.2, 0.25) is 0 Å². The van der Waals surface area contributed by atoms with Crippen LogP contribution in [0.4, 0.5) is 0 Å². The van der Waals surface area contributed by atoms with Crippen molar-refractivity contribution in [2.45, 2.75) is 32.4 Å². The molecule has 2 aromatic heterocycles. The van der Waals surface area contributed by atoms with E-state index in [4.69, 9.17) is 0 Å². The maximum absolute atomic E-state index is 13.0. The molecule has 0 unspecified atom stereocenters. The highest BCUT2D eigenvalue weighted by Crippen LogP contribution is 2.30. The van der Waals surface area contributed by atoms with Gasteiger partial charge in [0.1, 0.15) is 5.82 Å². The molecule has 0 aliphatic heterocycles. The van der Waals surface area contributed by atoms with Gasteiger partial charge in [0, 0.05) is 42.1 Å². The molecule has 0 saturated heterocycles. The number of fused-ring (bicyclic) bond motifs is 1. The smallest absolute Gasteiger partial charge is 0.295 e. The van der Waals surface area contributed by atoms with Gasteiger partial charge in [0.05, 0.1) is 12.1 Å². The Labute approximate surface area is 145 Å². The number of aromatic nitrogens is 3. The Hall–Kier alpha value is -2.89. The van der Waals surface area contributed by atoms with E-state index in [1.54, 1.807) is 11.1 Å². The molecule has 2 heterocycles. The molecule has 0 atom stereocenters. The molecule has 0 radical (unpaired) electrons. The first kappa shape index (κ1) is 15.6. The summed E-state index contributed by atoms with van der Waals surface area (Å²) in [6.45, 7) is 2.20. The van der Waals surface area contributed by atoms with Gasteiger partial charge < -0.3 is 14.5 Å². The van der Waals surface area contributed by atoms with Crippen LogP contribution < -0.4 is 0 Å². The molecule has 1 amide bonds. The average molecular weight is 336 g/mol. The van der Waals surface area contributed by atoms with Gasteiger partial charge in [-0.05, 0) is 25.8 Å². The van der Waals surface area contributed by atoms with Crippen molar-refractivity contribution in [2.24, 2.45) is 7.05 Å². The second-order valence-corrected chi connectivity index (χ2v) is 6.62. The molecule has 25 heavy (non-hydrogen) atoms. The second-order valence-electron chi connectivity index (χ2n) is 6.62. The molecule has 1 aliphatic carbocycles. The number of ketones is 1. The predicted octanol–water partition coefficient (Wildman–Crippen LogP) is 2.58. The molecule has 1 saturated carbocycles. The lowest BCUT2D eigenvalue weighted by molar-refractivity contribution is -0.127. The van der Waals surface area contributed by atoms with Crippen LogP contribution >= 0.6 is 0 Å². The first-order chi connectivity index (χ1) is 12.1. The van der Waals surface area contributed by atoms with E-state index in [9.17, 15) is 9.59 Å². The zero-order chi connectivity index (χ0) is 17.6. The maximum Gasteiger partial charge on any atom is 0.295 e. The third kappa shape index (κ3) is 2.73. The fourth-order valence-corrected chi connectivity index (χ4v) is 3.26. The fraction of sp³-hybridized carbons (Fsp3) is 0.316. The van der Waals surface area contributed by atoms with Gasteiger partial charge in [0.15, 0.2) is 0 Å². The van der Waals surface area contributed by atoms with Crippen LogP contribution in [0.3, 0.4) is 0 Å². The minimum absolute atomic E-state index is 0.138. The summed E-state index contributed by atoms with van der Waals surface area (Å²) in [6, 6.07) is 7.71. The molecule has 0 bridgehead atoms. The number of Topliss-reactive ketones (excluding diaryl/α,β-unsaturated/α-hetero) is 1. The highest BCUT2D eigenvalue weighted by atomic mass is 16.2. The molecule has 128 valence electrons. The predicted molar refractivity (Wildman–Crippen MR) is 94.1 cm³/mol. The summed E-state index contributed by atoms with van der Waals surface area (Å²) in [4.78, 5) is 35.1. The number of benzene rings is 1. The molecule has 4 rings (SSSR count). The Balaban J connectivity index is 1.67. The molecule has 3 aromatic rings. The Morgan fingerprint density at radius 3 is 2.76 bits per heavy atom. The van der Waals surface area contributed by atoms with Crippen LogP contribution in [-0.4, -0.2) is 37.2 Å². The van der Waals surface area contributed by atoms with Crippen molar-refractivity contribution >= 4 is 22.6 Å². The summed E-state index contributed by atoms with van der Waals surface area (Å²) in [7, 11) is 1.89. The average Bonchev–Trinajstić information content (AvgIpc) is 3.27. The Kier molecular flexibility index (Phi) is 3.67. The van der Waals surface area contributed by atoms with Crippen molar-refractivity contribution in [3.63, 3.8) is 0 Å². The number of H-pyrrole nitrogens is 1. The molecular weight excluding hydrogens is 316 g/mol. The Bertz CT molecular complexity index is 965. The van der Waals surface area contributed by atoms with Crippen LogP contribution in [-0.2, 0) is 18.4 Å². The summed E-state index contributed by atoms with van der Waals surface area (Å²) in [5.74, 6) is -0.113. The summed E-state index contributed by atoms with van der Waals surface area (Å²) >= 11 is 0. The van der Waals surface area contributed by atoms with Crippen LogP contribution in [0.2, 0.25) is 0 Å². The molecule has 1 aromatic carbocycles. The van der Waals surface area contributed by atoms with Crippen molar-refractivity contribution in [1.29, 1.82) is 0 Å². The zero-order valence-electron chi connectivity index (χ0n) is 14.3. The normalized spacial score (nSPS) is 14.0. The van der Waals surface area contributed by atoms with Gasteiger partial charge in [0.25, 0.3) is 11.7 Å². The number of nitrogens with zero attached hydrogens (tertiary/aromatic N) is 3. The number of aryl methyl sites for hydroxylation is 2. The van der Waals surface area contributed by atoms with Crippen molar-refractivity contribution in [3.05, 3.63) is 53.7 Å². The Morgan fingerprint density at radius 1 is 1.32 bits per heavy atom. The molecule has 6 heteroatoms. The van der Waals surface area contributed by atoms with Crippen molar-refractivity contribution in [1.82, 2.24) is 19.4 Å². The SMILES string of the molecule is Cc1[nH]c2ccccc2c1C(=O)C(=O)N(Cc1nccn1C)C1CC1. The number of amides is 1. The largest absolute Gasteiger partial charge is 0.358 e. The zero-order valence-corrected chi connectivity index (χ0v) is 14.3. The molecule has 0 spiro atoms. The standard InChI is InChI=1S/C19H20N4O2/c1-12-17(14-5-3-4-6-15(14)21-12)18(24)19(25)23(13-7-8-13)11-16-20-9-10-22(16)2/h3-6,9-10,13,21H,7-8,11H2,1-2H3. The van der Waals surface area contributed by atoms with E-state index in [1.807, 2.05) is 49.0 Å². The summed E-state index contributed by atoms with van der Waals surface area (Å²) in [6.07, 6.45) is 5.43. The van der Waals surface area contributed by atoms with Crippen LogP contribution in [0.15, 0.2) is 36.7 Å². The van der Waals surface area contributed by atoms with Crippen LogP contribution in [0.25, 0.3) is 10.9 Å². The van der Waals surface area contributed by atoms with Crippen LogP contribution in [0, 0.1) is 6.92 Å². The van der Waals surface area contributed by atoms with Crippen molar-refractivity contribution in [3.8, 4) is 0 Å². The fourth-order valence-electron chi connectivity index (χ4n) is 3.26. The van der Waals surface area contributed by atoms with Gasteiger partial charge in [-0.3, -0.25) is 9.59 Å². The van der Waals surface area contributed by atoms with Gasteiger partial charge in [-0.25, -0.2) is 4.98 Å². The van der Waals surface area contributed by atoms with Gasteiger partial charge in [-0.15, -0.1) is 0 Å². The maximum atomic E-state index is 13.0. The molecule has 1 aliphatic rings. The minimum atomic E-state index is -0.448. The van der Waals surface area contributed by atoms with Gasteiger partial charge in [-0.2, -0.15) is 0 Å². The number of hydrogen-bond acceptors (Lipinski definition) is 3. The number of para-hydroxylation sites is 1. The number of hydrogen-bond donors (Lipinski definition) is 1. The number of carbonyl (C=O) groups excluding carboxylic acids is 2. The Morgan fingerprint density at radius 2 is 2.08 bits per heavy atom. The number of rotatable bonds is 5. The van der Waals surface area contributed by atoms with E-state index in [0.29, 0.717) is 12.1 Å². The lowest BCUT2D eigenvalue weighted by atomic mass is 10.1. The molecular formula is C19H20N4O2. The van der Waals surface area contributed by atoms with E-state index in [0.717, 1.165) is 35.3 Å². The van der Waals surface area contributed by atoms with Crippen molar-refractivity contribution < 1.29 is 9.59 Å². The molecule has 1 fully saturated rings. The highest BCUT2D eigenvalue weighted by Gasteiger charge is 2.37. The third-order valence-electron chi connectivity index (χ3n) is 4.80.